The van der Waals surface area contributed by atoms with Gasteiger partial charge < -0.3 is 24.1 Å². The van der Waals surface area contributed by atoms with Crippen molar-refractivity contribution in [2.24, 2.45) is 0 Å². The van der Waals surface area contributed by atoms with Crippen LogP contribution >= 0.6 is 0 Å². The van der Waals surface area contributed by atoms with Crippen molar-refractivity contribution < 1.29 is 33.6 Å². The lowest BCUT2D eigenvalue weighted by Crippen LogP contribution is -2.41. The predicted molar refractivity (Wildman–Crippen MR) is 58.5 cm³/mol. The minimum absolute atomic E-state index is 0.142. The number of aliphatic hydroxyl groups is 1. The van der Waals surface area contributed by atoms with Gasteiger partial charge in [0, 0.05) is 20.5 Å². The highest BCUT2D eigenvalue weighted by molar-refractivity contribution is 5.67. The van der Waals surface area contributed by atoms with Gasteiger partial charge in [0.05, 0.1) is 6.61 Å². The summed E-state index contributed by atoms with van der Waals surface area (Å²) in [6, 6.07) is 0. The number of hydrogen-bond acceptors (Lipinski definition) is 7. The molecule has 0 bridgehead atoms. The summed E-state index contributed by atoms with van der Waals surface area (Å²) in [5, 5.41) is 9.64. The van der Waals surface area contributed by atoms with Gasteiger partial charge in [0.2, 0.25) is 0 Å². The van der Waals surface area contributed by atoms with Crippen LogP contribution in [0, 0.1) is 0 Å². The first-order chi connectivity index (χ1) is 8.45. The lowest BCUT2D eigenvalue weighted by Gasteiger charge is -2.22. The Labute approximate surface area is 105 Å². The molecule has 1 aliphatic heterocycles. The number of esters is 2. The van der Waals surface area contributed by atoms with Gasteiger partial charge in [-0.2, -0.15) is 0 Å². The molecule has 104 valence electrons. The largest absolute Gasteiger partial charge is 0.455 e. The maximum atomic E-state index is 11.0. The van der Waals surface area contributed by atoms with Crippen molar-refractivity contribution in [3.63, 3.8) is 0 Å². The number of hydrogen-bond donors (Lipinski definition) is 1. The zero-order valence-electron chi connectivity index (χ0n) is 10.6. The Balaban J connectivity index is 2.73. The van der Waals surface area contributed by atoms with Gasteiger partial charge in [0.1, 0.15) is 6.10 Å². The van der Waals surface area contributed by atoms with Gasteiger partial charge in [-0.3, -0.25) is 9.59 Å². The van der Waals surface area contributed by atoms with Crippen LogP contribution in [0.3, 0.4) is 0 Å². The average Bonchev–Trinajstić information content (AvgIpc) is 2.53. The monoisotopic (exact) mass is 262 g/mol. The van der Waals surface area contributed by atoms with Crippen molar-refractivity contribution in [2.75, 3.05) is 13.2 Å². The van der Waals surface area contributed by atoms with Crippen LogP contribution in [0.5, 0.6) is 0 Å². The van der Waals surface area contributed by atoms with E-state index in [1.54, 1.807) is 6.92 Å². The summed E-state index contributed by atoms with van der Waals surface area (Å²) in [4.78, 5) is 22.0. The van der Waals surface area contributed by atoms with E-state index in [4.69, 9.17) is 18.9 Å². The fourth-order valence-electron chi connectivity index (χ4n) is 1.73. The molecule has 4 unspecified atom stereocenters. The van der Waals surface area contributed by atoms with E-state index in [9.17, 15) is 14.7 Å². The molecule has 1 N–H and O–H groups in total. The predicted octanol–water partition coefficient (Wildman–Crippen LogP) is -0.397. The smallest absolute Gasteiger partial charge is 0.303 e. The highest BCUT2D eigenvalue weighted by atomic mass is 16.7. The van der Waals surface area contributed by atoms with Gasteiger partial charge >= 0.3 is 11.9 Å². The summed E-state index contributed by atoms with van der Waals surface area (Å²) >= 11 is 0. The van der Waals surface area contributed by atoms with Crippen LogP contribution in [0.4, 0.5) is 0 Å². The highest BCUT2D eigenvalue weighted by Gasteiger charge is 2.48. The Morgan fingerprint density at radius 2 is 1.72 bits per heavy atom. The van der Waals surface area contributed by atoms with Crippen molar-refractivity contribution in [1.29, 1.82) is 0 Å². The molecule has 4 atom stereocenters. The van der Waals surface area contributed by atoms with Crippen LogP contribution in [0.15, 0.2) is 0 Å². The highest BCUT2D eigenvalue weighted by Crippen LogP contribution is 2.26. The summed E-state index contributed by atoms with van der Waals surface area (Å²) in [6.07, 6.45) is -3.89. The SMILES string of the molecule is CCOCC1OC(O)C(OC(C)=O)C1OC(C)=O. The van der Waals surface area contributed by atoms with Crippen LogP contribution in [0.1, 0.15) is 20.8 Å². The molecule has 1 saturated heterocycles. The van der Waals surface area contributed by atoms with Crippen LogP contribution in [-0.4, -0.2) is 54.9 Å². The summed E-state index contributed by atoms with van der Waals surface area (Å²) in [5.74, 6) is -1.13. The van der Waals surface area contributed by atoms with Crippen molar-refractivity contribution in [3.05, 3.63) is 0 Å². The first kappa shape index (κ1) is 14.9. The molecule has 0 aromatic heterocycles. The first-order valence-electron chi connectivity index (χ1n) is 5.71. The van der Waals surface area contributed by atoms with Gasteiger partial charge in [-0.05, 0) is 6.92 Å². The van der Waals surface area contributed by atoms with E-state index in [-0.39, 0.29) is 6.61 Å². The Morgan fingerprint density at radius 1 is 1.17 bits per heavy atom. The Morgan fingerprint density at radius 3 is 2.22 bits per heavy atom. The number of rotatable bonds is 5. The van der Waals surface area contributed by atoms with E-state index in [2.05, 4.69) is 0 Å². The molecular weight excluding hydrogens is 244 g/mol. The standard InChI is InChI=1S/C11H18O7/c1-4-15-5-8-9(16-6(2)12)10(11(14)18-8)17-7(3)13/h8-11,14H,4-5H2,1-3H3. The Hall–Kier alpha value is -1.18. The van der Waals surface area contributed by atoms with Gasteiger partial charge in [0.25, 0.3) is 0 Å². The maximum Gasteiger partial charge on any atom is 0.303 e. The second-order valence-corrected chi connectivity index (χ2v) is 3.87. The molecule has 0 aromatic carbocycles. The molecule has 0 radical (unpaired) electrons. The molecule has 0 amide bonds. The Kier molecular flexibility index (Phi) is 5.52. The van der Waals surface area contributed by atoms with Gasteiger partial charge in [-0.25, -0.2) is 0 Å². The van der Waals surface area contributed by atoms with Crippen LogP contribution in [0.25, 0.3) is 0 Å². The second kappa shape index (κ2) is 6.67. The van der Waals surface area contributed by atoms with Gasteiger partial charge in [-0.15, -0.1) is 0 Å². The molecule has 18 heavy (non-hydrogen) atoms. The summed E-state index contributed by atoms with van der Waals surface area (Å²) in [7, 11) is 0. The molecular formula is C11H18O7. The average molecular weight is 262 g/mol. The second-order valence-electron chi connectivity index (χ2n) is 3.87. The molecule has 0 saturated carbocycles. The molecule has 7 heteroatoms. The lowest BCUT2D eigenvalue weighted by atomic mass is 10.1. The van der Waals surface area contributed by atoms with Crippen molar-refractivity contribution >= 4 is 11.9 Å². The molecule has 0 aliphatic carbocycles. The number of aliphatic hydroxyl groups excluding tert-OH is 1. The molecule has 1 heterocycles. The van der Waals surface area contributed by atoms with Crippen LogP contribution in [-0.2, 0) is 28.5 Å². The maximum absolute atomic E-state index is 11.0. The van der Waals surface area contributed by atoms with E-state index in [0.29, 0.717) is 6.61 Å². The fraction of sp³-hybridized carbons (Fsp3) is 0.818. The molecule has 1 fully saturated rings. The molecule has 1 rings (SSSR count). The topological polar surface area (TPSA) is 91.3 Å². The molecule has 0 spiro atoms. The molecule has 0 aromatic rings. The van der Waals surface area contributed by atoms with E-state index in [1.165, 1.54) is 13.8 Å². The normalized spacial score (nSPS) is 31.1. The fourth-order valence-corrected chi connectivity index (χ4v) is 1.73. The van der Waals surface area contributed by atoms with E-state index < -0.39 is 36.5 Å². The quantitative estimate of drug-likeness (QED) is 0.674. The summed E-state index contributed by atoms with van der Waals surface area (Å²) in [6.45, 7) is 4.83. The molecule has 7 nitrogen and oxygen atoms in total. The number of ether oxygens (including phenoxy) is 4. The van der Waals surface area contributed by atoms with Crippen molar-refractivity contribution in [1.82, 2.24) is 0 Å². The minimum Gasteiger partial charge on any atom is -0.455 e. The minimum atomic E-state index is -1.33. The third kappa shape index (κ3) is 3.94. The van der Waals surface area contributed by atoms with Crippen molar-refractivity contribution in [2.45, 2.75) is 45.4 Å². The van der Waals surface area contributed by atoms with E-state index >= 15 is 0 Å². The van der Waals surface area contributed by atoms with Gasteiger partial charge in [-0.1, -0.05) is 0 Å². The lowest BCUT2D eigenvalue weighted by molar-refractivity contribution is -0.174. The van der Waals surface area contributed by atoms with E-state index in [0.717, 1.165) is 0 Å². The zero-order valence-corrected chi connectivity index (χ0v) is 10.6. The van der Waals surface area contributed by atoms with Gasteiger partial charge in [0.15, 0.2) is 18.5 Å². The number of carbonyl (C=O) groups excluding carboxylic acids is 2. The summed E-state index contributed by atoms with van der Waals surface area (Å²) < 4.78 is 20.3. The Bertz CT molecular complexity index is 304. The third-order valence-corrected chi connectivity index (χ3v) is 2.38. The summed E-state index contributed by atoms with van der Waals surface area (Å²) in [5.41, 5.74) is 0. The number of carbonyl (C=O) groups is 2. The third-order valence-electron chi connectivity index (χ3n) is 2.38. The van der Waals surface area contributed by atoms with Crippen LogP contribution in [0.2, 0.25) is 0 Å². The van der Waals surface area contributed by atoms with E-state index in [1.807, 2.05) is 0 Å². The zero-order chi connectivity index (χ0) is 13.7. The van der Waals surface area contributed by atoms with Crippen molar-refractivity contribution in [3.8, 4) is 0 Å². The van der Waals surface area contributed by atoms with Crippen LogP contribution < -0.4 is 0 Å². The molecule has 1 aliphatic rings. The first-order valence-corrected chi connectivity index (χ1v) is 5.71.